The van der Waals surface area contributed by atoms with E-state index in [9.17, 15) is 0 Å². The van der Waals surface area contributed by atoms with Crippen molar-refractivity contribution >= 4 is 0 Å². The standard InChI is InChI=1S/C13H23N3/c1-6-11-9-13(16(5)15-11)12(14-7-2)8-10(3)4/h9,12,14H,3,6-8H2,1-2,4-5H3. The lowest BCUT2D eigenvalue weighted by atomic mass is 10.1. The summed E-state index contributed by atoms with van der Waals surface area (Å²) in [5.74, 6) is 0. The van der Waals surface area contributed by atoms with Gasteiger partial charge in [0.25, 0.3) is 0 Å². The molecule has 0 aromatic carbocycles. The number of hydrogen-bond donors (Lipinski definition) is 1. The van der Waals surface area contributed by atoms with Crippen LogP contribution < -0.4 is 5.32 Å². The van der Waals surface area contributed by atoms with Crippen LogP contribution in [0.4, 0.5) is 0 Å². The first-order valence-corrected chi connectivity index (χ1v) is 5.99. The average molecular weight is 221 g/mol. The van der Waals surface area contributed by atoms with Crippen LogP contribution in [0.3, 0.4) is 0 Å². The van der Waals surface area contributed by atoms with Crippen LogP contribution in [0.15, 0.2) is 18.2 Å². The summed E-state index contributed by atoms with van der Waals surface area (Å²) in [6.07, 6.45) is 1.95. The fourth-order valence-corrected chi connectivity index (χ4v) is 1.92. The van der Waals surface area contributed by atoms with Crippen molar-refractivity contribution < 1.29 is 0 Å². The highest BCUT2D eigenvalue weighted by molar-refractivity contribution is 5.16. The molecule has 1 rings (SSSR count). The Morgan fingerprint density at radius 3 is 2.69 bits per heavy atom. The molecule has 0 aliphatic carbocycles. The van der Waals surface area contributed by atoms with E-state index in [1.54, 1.807) is 0 Å². The Hall–Kier alpha value is -1.09. The second-order valence-corrected chi connectivity index (χ2v) is 4.31. The Balaban J connectivity index is 2.90. The first-order valence-electron chi connectivity index (χ1n) is 5.99. The normalized spacial score (nSPS) is 12.8. The van der Waals surface area contributed by atoms with Crippen molar-refractivity contribution in [2.24, 2.45) is 7.05 Å². The molecule has 1 aromatic rings. The molecule has 0 saturated heterocycles. The van der Waals surface area contributed by atoms with E-state index >= 15 is 0 Å². The Morgan fingerprint density at radius 1 is 1.56 bits per heavy atom. The van der Waals surface area contributed by atoms with Crippen LogP contribution in [0.25, 0.3) is 0 Å². The van der Waals surface area contributed by atoms with E-state index in [4.69, 9.17) is 0 Å². The van der Waals surface area contributed by atoms with Gasteiger partial charge in [-0.3, -0.25) is 4.68 Å². The molecule has 0 aliphatic rings. The molecule has 3 nitrogen and oxygen atoms in total. The fraction of sp³-hybridized carbons (Fsp3) is 0.615. The van der Waals surface area contributed by atoms with Crippen LogP contribution >= 0.6 is 0 Å². The monoisotopic (exact) mass is 221 g/mol. The molecule has 90 valence electrons. The van der Waals surface area contributed by atoms with Crippen LogP contribution in [-0.2, 0) is 13.5 Å². The number of nitrogens with one attached hydrogen (secondary N) is 1. The molecule has 0 bridgehead atoms. The molecule has 0 fully saturated rings. The van der Waals surface area contributed by atoms with E-state index < -0.39 is 0 Å². The molecule has 0 spiro atoms. The van der Waals surface area contributed by atoms with Crippen molar-refractivity contribution in [3.8, 4) is 0 Å². The summed E-state index contributed by atoms with van der Waals surface area (Å²) in [6.45, 7) is 11.3. The summed E-state index contributed by atoms with van der Waals surface area (Å²) in [7, 11) is 2.01. The van der Waals surface area contributed by atoms with Crippen molar-refractivity contribution in [3.63, 3.8) is 0 Å². The predicted molar refractivity (Wildman–Crippen MR) is 68.4 cm³/mol. The SMILES string of the molecule is C=C(C)CC(NCC)c1cc(CC)nn1C. The largest absolute Gasteiger partial charge is 0.309 e. The minimum atomic E-state index is 0.334. The van der Waals surface area contributed by atoms with Gasteiger partial charge in [-0.1, -0.05) is 19.4 Å². The lowest BCUT2D eigenvalue weighted by molar-refractivity contribution is 0.506. The topological polar surface area (TPSA) is 29.9 Å². The van der Waals surface area contributed by atoms with Crippen LogP contribution in [-0.4, -0.2) is 16.3 Å². The summed E-state index contributed by atoms with van der Waals surface area (Å²) >= 11 is 0. The third kappa shape index (κ3) is 3.20. The van der Waals surface area contributed by atoms with Gasteiger partial charge in [-0.2, -0.15) is 5.10 Å². The molecule has 1 N–H and O–H groups in total. The van der Waals surface area contributed by atoms with Crippen LogP contribution in [0.2, 0.25) is 0 Å². The molecule has 0 amide bonds. The van der Waals surface area contributed by atoms with E-state index in [0.717, 1.165) is 25.1 Å². The third-order valence-corrected chi connectivity index (χ3v) is 2.69. The van der Waals surface area contributed by atoms with E-state index in [1.165, 1.54) is 11.3 Å². The molecule has 3 heteroatoms. The van der Waals surface area contributed by atoms with Gasteiger partial charge >= 0.3 is 0 Å². The Labute approximate surface area is 98.5 Å². The smallest absolute Gasteiger partial charge is 0.0625 e. The zero-order valence-electron chi connectivity index (χ0n) is 10.9. The third-order valence-electron chi connectivity index (χ3n) is 2.69. The van der Waals surface area contributed by atoms with Crippen LogP contribution in [0.1, 0.15) is 44.6 Å². The Kier molecular flexibility index (Phi) is 4.74. The first kappa shape index (κ1) is 13.0. The summed E-state index contributed by atoms with van der Waals surface area (Å²) in [4.78, 5) is 0. The highest BCUT2D eigenvalue weighted by Crippen LogP contribution is 2.20. The van der Waals surface area contributed by atoms with Crippen molar-refractivity contribution in [1.29, 1.82) is 0 Å². The van der Waals surface area contributed by atoms with Gasteiger partial charge in [0.05, 0.1) is 17.4 Å². The number of nitrogens with zero attached hydrogens (tertiary/aromatic N) is 2. The number of aryl methyl sites for hydroxylation is 2. The molecule has 0 saturated carbocycles. The van der Waals surface area contributed by atoms with E-state index in [0.29, 0.717) is 6.04 Å². The molecule has 1 atom stereocenters. The van der Waals surface area contributed by atoms with Gasteiger partial charge in [-0.05, 0) is 32.4 Å². The second-order valence-electron chi connectivity index (χ2n) is 4.31. The van der Waals surface area contributed by atoms with E-state index in [2.05, 4.69) is 43.8 Å². The molecular weight excluding hydrogens is 198 g/mol. The Bertz CT molecular complexity index is 352. The molecule has 1 aromatic heterocycles. The lowest BCUT2D eigenvalue weighted by Gasteiger charge is -2.18. The van der Waals surface area contributed by atoms with Crippen molar-refractivity contribution in [3.05, 3.63) is 29.6 Å². The highest BCUT2D eigenvalue weighted by Gasteiger charge is 2.15. The average Bonchev–Trinajstić information content (AvgIpc) is 2.58. The molecule has 1 unspecified atom stereocenters. The van der Waals surface area contributed by atoms with Gasteiger partial charge in [0, 0.05) is 7.05 Å². The number of rotatable bonds is 6. The fourth-order valence-electron chi connectivity index (χ4n) is 1.92. The number of aromatic nitrogens is 2. The molecule has 16 heavy (non-hydrogen) atoms. The second kappa shape index (κ2) is 5.85. The van der Waals surface area contributed by atoms with Gasteiger partial charge in [0.2, 0.25) is 0 Å². The highest BCUT2D eigenvalue weighted by atomic mass is 15.3. The van der Waals surface area contributed by atoms with Gasteiger partial charge < -0.3 is 5.32 Å². The van der Waals surface area contributed by atoms with Gasteiger partial charge in [0.1, 0.15) is 0 Å². The lowest BCUT2D eigenvalue weighted by Crippen LogP contribution is -2.23. The van der Waals surface area contributed by atoms with Gasteiger partial charge in [0.15, 0.2) is 0 Å². The zero-order chi connectivity index (χ0) is 12.1. The van der Waals surface area contributed by atoms with Crippen molar-refractivity contribution in [1.82, 2.24) is 15.1 Å². The molecule has 0 radical (unpaired) electrons. The van der Waals surface area contributed by atoms with E-state index in [1.807, 2.05) is 11.7 Å². The van der Waals surface area contributed by atoms with Gasteiger partial charge in [-0.25, -0.2) is 0 Å². The quantitative estimate of drug-likeness (QED) is 0.748. The summed E-state index contributed by atoms with van der Waals surface area (Å²) in [6, 6.07) is 2.52. The molecule has 0 aliphatic heterocycles. The van der Waals surface area contributed by atoms with E-state index in [-0.39, 0.29) is 0 Å². The zero-order valence-corrected chi connectivity index (χ0v) is 10.9. The van der Waals surface area contributed by atoms with Crippen molar-refractivity contribution in [2.45, 2.75) is 39.7 Å². The maximum atomic E-state index is 4.49. The van der Waals surface area contributed by atoms with Crippen molar-refractivity contribution in [2.75, 3.05) is 6.54 Å². The molecule has 1 heterocycles. The molecular formula is C13H23N3. The van der Waals surface area contributed by atoms with Gasteiger partial charge in [-0.15, -0.1) is 6.58 Å². The Morgan fingerprint density at radius 2 is 2.25 bits per heavy atom. The van der Waals surface area contributed by atoms with Crippen LogP contribution in [0, 0.1) is 0 Å². The predicted octanol–water partition coefficient (Wildman–Crippen LogP) is 2.60. The van der Waals surface area contributed by atoms with Crippen LogP contribution in [0.5, 0.6) is 0 Å². The minimum Gasteiger partial charge on any atom is -0.309 e. The summed E-state index contributed by atoms with van der Waals surface area (Å²) < 4.78 is 1.98. The number of hydrogen-bond acceptors (Lipinski definition) is 2. The minimum absolute atomic E-state index is 0.334. The summed E-state index contributed by atoms with van der Waals surface area (Å²) in [5.41, 5.74) is 3.61. The maximum absolute atomic E-state index is 4.49. The maximum Gasteiger partial charge on any atom is 0.0625 e. The summed E-state index contributed by atoms with van der Waals surface area (Å²) in [5, 5.41) is 7.97. The first-order chi connectivity index (χ1) is 7.58.